The Morgan fingerprint density at radius 1 is 1.09 bits per heavy atom. The second kappa shape index (κ2) is 10.6. The second-order valence-electron chi connectivity index (χ2n) is 6.64. The lowest BCUT2D eigenvalue weighted by molar-refractivity contribution is -0.0435. The van der Waals surface area contributed by atoms with Crippen LogP contribution >= 0.6 is 11.8 Å². The minimum absolute atomic E-state index is 0.0705. The number of halogens is 3. The molecule has 15 heteroatoms. The number of amides is 1. The lowest BCUT2D eigenvalue weighted by Gasteiger charge is -2.22. The summed E-state index contributed by atoms with van der Waals surface area (Å²) in [5, 5.41) is 18.5. The van der Waals surface area contributed by atoms with Crippen LogP contribution in [0.1, 0.15) is 6.42 Å². The predicted molar refractivity (Wildman–Crippen MR) is 116 cm³/mol. The van der Waals surface area contributed by atoms with E-state index in [4.69, 9.17) is 10.2 Å². The van der Waals surface area contributed by atoms with Gasteiger partial charge in [-0.05, 0) is 36.8 Å². The Morgan fingerprint density at radius 2 is 1.73 bits per heavy atom. The topological polar surface area (TPSA) is 156 Å². The summed E-state index contributed by atoms with van der Waals surface area (Å²) in [4.78, 5) is 9.45. The van der Waals surface area contributed by atoms with Crippen molar-refractivity contribution >= 4 is 43.4 Å². The zero-order valence-electron chi connectivity index (χ0n) is 16.7. The molecule has 0 saturated carbocycles. The van der Waals surface area contributed by atoms with E-state index < -0.39 is 53.0 Å². The maximum Gasteiger partial charge on any atom is 0.501 e. The molecule has 33 heavy (non-hydrogen) atoms. The first-order valence-electron chi connectivity index (χ1n) is 9.11. The van der Waals surface area contributed by atoms with Crippen LogP contribution < -0.4 is 15.8 Å². The number of alkyl halides is 3. The van der Waals surface area contributed by atoms with Gasteiger partial charge in [-0.1, -0.05) is 18.2 Å². The Labute approximate surface area is 192 Å². The highest BCUT2D eigenvalue weighted by Gasteiger charge is 2.48. The zero-order valence-corrected chi connectivity index (χ0v) is 19.2. The Bertz CT molecular complexity index is 1190. The van der Waals surface area contributed by atoms with Gasteiger partial charge in [0.15, 0.2) is 0 Å². The Morgan fingerprint density at radius 3 is 2.27 bits per heavy atom. The molecule has 2 aromatic rings. The summed E-state index contributed by atoms with van der Waals surface area (Å²) in [5.74, 6) is 0.230. The van der Waals surface area contributed by atoms with Crippen molar-refractivity contribution in [1.82, 2.24) is 5.32 Å². The van der Waals surface area contributed by atoms with E-state index >= 15 is 0 Å². The highest BCUT2D eigenvalue weighted by Crippen LogP contribution is 2.36. The molecule has 2 rings (SSSR count). The third-order valence-corrected chi connectivity index (χ3v) is 7.81. The molecule has 9 nitrogen and oxygen atoms in total. The predicted octanol–water partition coefficient (Wildman–Crippen LogP) is 2.86. The van der Waals surface area contributed by atoms with Gasteiger partial charge in [0, 0.05) is 23.2 Å². The molecule has 0 aromatic heterocycles. The molecule has 0 aliphatic rings. The summed E-state index contributed by atoms with van der Waals surface area (Å²) in [6.45, 7) is -0.0705. The van der Waals surface area contributed by atoms with Gasteiger partial charge in [-0.15, -0.1) is 11.8 Å². The van der Waals surface area contributed by atoms with Gasteiger partial charge in [-0.3, -0.25) is 0 Å². The third-order valence-electron chi connectivity index (χ3n) is 4.20. The molecule has 0 aliphatic heterocycles. The number of hydrogen-bond donors (Lipinski definition) is 4. The summed E-state index contributed by atoms with van der Waals surface area (Å²) >= 11 is 1.31. The van der Waals surface area contributed by atoms with E-state index in [2.05, 4.69) is 10.6 Å². The van der Waals surface area contributed by atoms with Crippen molar-refractivity contribution in [2.45, 2.75) is 32.7 Å². The van der Waals surface area contributed by atoms with Gasteiger partial charge in [0.2, 0.25) is 10.0 Å². The first kappa shape index (κ1) is 26.8. The fourth-order valence-electron chi connectivity index (χ4n) is 2.63. The van der Waals surface area contributed by atoms with Crippen molar-refractivity contribution in [2.75, 3.05) is 17.6 Å². The monoisotopic (exact) mass is 527 g/mol. The van der Waals surface area contributed by atoms with Crippen LogP contribution in [-0.2, 0) is 19.9 Å². The molecule has 1 unspecified atom stereocenters. The van der Waals surface area contributed by atoms with Crippen LogP contribution in [-0.4, -0.2) is 51.9 Å². The highest BCUT2D eigenvalue weighted by molar-refractivity contribution is 7.99. The molecular weight excluding hydrogens is 507 g/mol. The average molecular weight is 528 g/mol. The lowest BCUT2D eigenvalue weighted by Crippen LogP contribution is -2.32. The Balaban J connectivity index is 2.42. The van der Waals surface area contributed by atoms with Crippen LogP contribution in [0.25, 0.3) is 0 Å². The summed E-state index contributed by atoms with van der Waals surface area (Å²) in [5.41, 5.74) is -6.19. The number of rotatable bonds is 10. The molecule has 0 saturated heterocycles. The van der Waals surface area contributed by atoms with Crippen molar-refractivity contribution in [3.05, 3.63) is 48.5 Å². The third kappa shape index (κ3) is 7.52. The van der Waals surface area contributed by atoms with E-state index in [1.54, 1.807) is 30.3 Å². The fourth-order valence-corrected chi connectivity index (χ4v) is 5.19. The Hall–Kier alpha value is -2.49. The summed E-state index contributed by atoms with van der Waals surface area (Å²) in [6.07, 6.45) is -1.21. The SMILES string of the molecule is NS(=O)(=O)c1ccc(NC(CCNC(=O)O)CSc2ccccc2)c(S(=O)(=O)C(F)(F)F)c1. The van der Waals surface area contributed by atoms with Crippen LogP contribution in [0, 0.1) is 0 Å². The molecule has 182 valence electrons. The smallest absolute Gasteiger partial charge is 0.465 e. The Kier molecular flexibility index (Phi) is 8.62. The van der Waals surface area contributed by atoms with Crippen LogP contribution in [0.4, 0.5) is 23.7 Å². The van der Waals surface area contributed by atoms with E-state index in [-0.39, 0.29) is 18.7 Å². The quantitative estimate of drug-likeness (QED) is 0.344. The number of carbonyl (C=O) groups is 1. The van der Waals surface area contributed by atoms with Gasteiger partial charge in [0.1, 0.15) is 4.90 Å². The number of thioether (sulfide) groups is 1. The number of benzene rings is 2. The number of hydrogen-bond acceptors (Lipinski definition) is 7. The minimum Gasteiger partial charge on any atom is -0.465 e. The number of nitrogens with one attached hydrogen (secondary N) is 2. The number of primary sulfonamides is 1. The molecule has 0 spiro atoms. The van der Waals surface area contributed by atoms with Crippen molar-refractivity contribution in [3.63, 3.8) is 0 Å². The standard InChI is InChI=1S/C18H20F3N3O6S3/c19-18(20,21)32(27,28)16-10-14(33(22,29)30)6-7-15(16)24-12(8-9-23-17(25)26)11-31-13-4-2-1-3-5-13/h1-7,10,12,23-24H,8-9,11H2,(H,25,26)(H2,22,29,30). The summed E-state index contributed by atoms with van der Waals surface area (Å²) in [7, 11) is -10.4. The van der Waals surface area contributed by atoms with E-state index in [0.717, 1.165) is 17.0 Å². The molecule has 0 radical (unpaired) electrons. The molecule has 0 heterocycles. The van der Waals surface area contributed by atoms with Crippen LogP contribution in [0.2, 0.25) is 0 Å². The first-order valence-corrected chi connectivity index (χ1v) is 13.1. The molecule has 2 aromatic carbocycles. The first-order chi connectivity index (χ1) is 15.2. The maximum absolute atomic E-state index is 13.2. The van der Waals surface area contributed by atoms with Crippen molar-refractivity contribution in [2.24, 2.45) is 5.14 Å². The van der Waals surface area contributed by atoms with Gasteiger partial charge in [-0.25, -0.2) is 26.8 Å². The maximum atomic E-state index is 13.2. The average Bonchev–Trinajstić information content (AvgIpc) is 2.71. The number of sulfone groups is 1. The number of nitrogens with two attached hydrogens (primary N) is 1. The largest absolute Gasteiger partial charge is 0.501 e. The van der Waals surface area contributed by atoms with Crippen molar-refractivity contribution in [1.29, 1.82) is 0 Å². The molecule has 0 fully saturated rings. The van der Waals surface area contributed by atoms with Gasteiger partial charge in [-0.2, -0.15) is 13.2 Å². The summed E-state index contributed by atoms with van der Waals surface area (Å²) in [6, 6.07) is 10.3. The van der Waals surface area contributed by atoms with Crippen molar-refractivity contribution in [3.8, 4) is 0 Å². The van der Waals surface area contributed by atoms with Gasteiger partial charge >= 0.3 is 11.6 Å². The molecule has 0 bridgehead atoms. The molecule has 1 atom stereocenters. The lowest BCUT2D eigenvalue weighted by atomic mass is 10.2. The van der Waals surface area contributed by atoms with E-state index in [0.29, 0.717) is 6.07 Å². The van der Waals surface area contributed by atoms with Crippen LogP contribution in [0.5, 0.6) is 0 Å². The highest BCUT2D eigenvalue weighted by atomic mass is 32.2. The molecule has 1 amide bonds. The van der Waals surface area contributed by atoms with E-state index in [1.165, 1.54) is 11.8 Å². The van der Waals surface area contributed by atoms with E-state index in [1.807, 2.05) is 0 Å². The van der Waals surface area contributed by atoms with Crippen LogP contribution in [0.15, 0.2) is 63.2 Å². The summed E-state index contributed by atoms with van der Waals surface area (Å²) < 4.78 is 87.1. The minimum atomic E-state index is -5.94. The van der Waals surface area contributed by atoms with Gasteiger partial charge in [0.25, 0.3) is 9.84 Å². The molecule has 0 aliphatic carbocycles. The normalized spacial score (nSPS) is 13.3. The van der Waals surface area contributed by atoms with Crippen LogP contribution in [0.3, 0.4) is 0 Å². The second-order valence-corrected chi connectivity index (χ2v) is 11.2. The van der Waals surface area contributed by atoms with Gasteiger partial charge in [0.05, 0.1) is 10.6 Å². The number of sulfonamides is 1. The van der Waals surface area contributed by atoms with Crippen molar-refractivity contribution < 1.29 is 39.9 Å². The number of anilines is 1. The fraction of sp³-hybridized carbons (Fsp3) is 0.278. The molecular formula is C18H20F3N3O6S3. The molecule has 5 N–H and O–H groups in total. The van der Waals surface area contributed by atoms with Gasteiger partial charge < -0.3 is 15.7 Å². The number of carboxylic acid groups (broad SMARTS) is 1. The van der Waals surface area contributed by atoms with E-state index in [9.17, 15) is 34.8 Å². The zero-order chi connectivity index (χ0) is 24.9.